The van der Waals surface area contributed by atoms with Crippen molar-refractivity contribution >= 4 is 5.97 Å². The summed E-state index contributed by atoms with van der Waals surface area (Å²) in [5, 5.41) is 9.82. The summed E-state index contributed by atoms with van der Waals surface area (Å²) in [5.41, 5.74) is 9.26. The molecule has 7 heteroatoms. The van der Waals surface area contributed by atoms with Crippen LogP contribution in [0.15, 0.2) is 78.2 Å². The van der Waals surface area contributed by atoms with Gasteiger partial charge in [0.15, 0.2) is 6.61 Å². The molecule has 0 aliphatic carbocycles. The van der Waals surface area contributed by atoms with E-state index in [1.165, 1.54) is 5.56 Å². The molecule has 0 saturated carbocycles. The molecule has 1 unspecified atom stereocenters. The van der Waals surface area contributed by atoms with Crippen molar-refractivity contribution in [3.8, 4) is 29.1 Å². The van der Waals surface area contributed by atoms with E-state index in [2.05, 4.69) is 19.9 Å². The average molecular weight is 513 g/mol. The van der Waals surface area contributed by atoms with E-state index in [4.69, 9.17) is 24.7 Å². The van der Waals surface area contributed by atoms with Crippen molar-refractivity contribution in [3.05, 3.63) is 94.9 Å². The van der Waals surface area contributed by atoms with Crippen LogP contribution in [0.25, 0.3) is 0 Å². The zero-order valence-electron chi connectivity index (χ0n) is 21.7. The third kappa shape index (κ3) is 6.46. The zero-order chi connectivity index (χ0) is 26.9. The fraction of sp³-hybridized carbons (Fsp3) is 0.290. The standard InChI is InChI=1S/C31H32N2O5/c1-3-5-6-17-35-23-13-9-22(10-14-23)30-26-16-15-25(18-28(26)38-31(33)27(30)19-32)37-29(34)20-36-24-11-7-21(4-2)8-12-24/h7-16,18,30H,3-6,17,20,33H2,1-2H3. The van der Waals surface area contributed by atoms with Crippen LogP contribution in [-0.2, 0) is 11.2 Å². The predicted molar refractivity (Wildman–Crippen MR) is 144 cm³/mol. The van der Waals surface area contributed by atoms with Gasteiger partial charge in [-0.3, -0.25) is 0 Å². The minimum absolute atomic E-state index is 0.0206. The number of allylic oxidation sites excluding steroid dienone is 1. The molecular formula is C31H32N2O5. The number of aryl methyl sites for hydroxylation is 1. The Morgan fingerprint density at radius 3 is 2.32 bits per heavy atom. The molecule has 1 atom stereocenters. The van der Waals surface area contributed by atoms with Crippen molar-refractivity contribution in [2.75, 3.05) is 13.2 Å². The van der Waals surface area contributed by atoms with E-state index in [1.807, 2.05) is 48.5 Å². The Bertz CT molecular complexity index is 1320. The minimum atomic E-state index is -0.548. The lowest BCUT2D eigenvalue weighted by atomic mass is 9.83. The molecule has 0 aromatic heterocycles. The van der Waals surface area contributed by atoms with Gasteiger partial charge in [0, 0.05) is 11.6 Å². The van der Waals surface area contributed by atoms with Crippen LogP contribution in [0, 0.1) is 11.3 Å². The van der Waals surface area contributed by atoms with E-state index in [-0.39, 0.29) is 12.5 Å². The summed E-state index contributed by atoms with van der Waals surface area (Å²) < 4.78 is 22.6. The lowest BCUT2D eigenvalue weighted by Crippen LogP contribution is -2.21. The first-order valence-corrected chi connectivity index (χ1v) is 12.9. The zero-order valence-corrected chi connectivity index (χ0v) is 21.7. The first-order valence-electron chi connectivity index (χ1n) is 12.9. The Balaban J connectivity index is 1.46. The van der Waals surface area contributed by atoms with Gasteiger partial charge in [-0.05, 0) is 54.3 Å². The van der Waals surface area contributed by atoms with Gasteiger partial charge in [-0.2, -0.15) is 5.26 Å². The Morgan fingerprint density at radius 1 is 0.947 bits per heavy atom. The van der Waals surface area contributed by atoms with Gasteiger partial charge >= 0.3 is 5.97 Å². The number of unbranched alkanes of at least 4 members (excludes halogenated alkanes) is 2. The molecule has 196 valence electrons. The van der Waals surface area contributed by atoms with Gasteiger partial charge in [-0.25, -0.2) is 4.79 Å². The summed E-state index contributed by atoms with van der Waals surface area (Å²) in [5.74, 6) is 1.14. The van der Waals surface area contributed by atoms with E-state index < -0.39 is 11.9 Å². The second-order valence-electron chi connectivity index (χ2n) is 9.01. The SMILES string of the molecule is CCCCCOc1ccc(C2C(C#N)=C(N)Oc3cc(OC(=O)COc4ccc(CC)cc4)ccc32)cc1. The number of carbonyl (C=O) groups is 1. The number of esters is 1. The maximum atomic E-state index is 12.4. The maximum Gasteiger partial charge on any atom is 0.349 e. The highest BCUT2D eigenvalue weighted by Crippen LogP contribution is 2.43. The molecule has 0 radical (unpaired) electrons. The van der Waals surface area contributed by atoms with Crippen molar-refractivity contribution in [1.82, 2.24) is 0 Å². The molecule has 3 aromatic rings. The van der Waals surface area contributed by atoms with Gasteiger partial charge in [0.2, 0.25) is 5.88 Å². The molecule has 7 nitrogen and oxygen atoms in total. The predicted octanol–water partition coefficient (Wildman–Crippen LogP) is 6.02. The van der Waals surface area contributed by atoms with Crippen LogP contribution in [-0.4, -0.2) is 19.2 Å². The summed E-state index contributed by atoms with van der Waals surface area (Å²) in [6.07, 6.45) is 4.20. The topological polar surface area (TPSA) is 104 Å². The van der Waals surface area contributed by atoms with E-state index in [1.54, 1.807) is 18.2 Å². The Hall–Kier alpha value is -4.44. The summed E-state index contributed by atoms with van der Waals surface area (Å²) in [6, 6.07) is 22.5. The highest BCUT2D eigenvalue weighted by molar-refractivity contribution is 5.74. The van der Waals surface area contributed by atoms with E-state index in [0.717, 1.165) is 42.6 Å². The smallest absolute Gasteiger partial charge is 0.349 e. The van der Waals surface area contributed by atoms with Crippen LogP contribution < -0.4 is 24.7 Å². The fourth-order valence-corrected chi connectivity index (χ4v) is 4.27. The van der Waals surface area contributed by atoms with Gasteiger partial charge in [-0.15, -0.1) is 0 Å². The minimum Gasteiger partial charge on any atom is -0.494 e. The number of fused-ring (bicyclic) bond motifs is 1. The lowest BCUT2D eigenvalue weighted by molar-refractivity contribution is -0.136. The number of nitriles is 1. The normalized spacial score (nSPS) is 14.2. The van der Waals surface area contributed by atoms with Gasteiger partial charge in [0.25, 0.3) is 0 Å². The molecule has 1 aliphatic rings. The largest absolute Gasteiger partial charge is 0.494 e. The maximum absolute atomic E-state index is 12.4. The quantitative estimate of drug-likeness (QED) is 0.190. The van der Waals surface area contributed by atoms with Gasteiger partial charge < -0.3 is 24.7 Å². The first-order chi connectivity index (χ1) is 18.5. The number of nitrogens with zero attached hydrogens (tertiary/aromatic N) is 1. The Morgan fingerprint density at radius 2 is 1.63 bits per heavy atom. The molecule has 0 spiro atoms. The van der Waals surface area contributed by atoms with E-state index in [0.29, 0.717) is 29.4 Å². The molecule has 0 amide bonds. The molecule has 3 aromatic carbocycles. The van der Waals surface area contributed by atoms with Crippen molar-refractivity contribution < 1.29 is 23.7 Å². The second-order valence-corrected chi connectivity index (χ2v) is 9.01. The number of ether oxygens (including phenoxy) is 4. The molecule has 0 saturated heterocycles. The molecule has 1 aliphatic heterocycles. The van der Waals surface area contributed by atoms with Crippen molar-refractivity contribution in [2.45, 2.75) is 45.4 Å². The summed E-state index contributed by atoms with van der Waals surface area (Å²) in [4.78, 5) is 12.4. The molecule has 0 fully saturated rings. The summed E-state index contributed by atoms with van der Waals surface area (Å²) in [6.45, 7) is 4.66. The van der Waals surface area contributed by atoms with Crippen LogP contribution in [0.4, 0.5) is 0 Å². The van der Waals surface area contributed by atoms with Gasteiger partial charge in [0.05, 0.1) is 12.5 Å². The third-order valence-electron chi connectivity index (χ3n) is 6.34. The molecule has 38 heavy (non-hydrogen) atoms. The highest BCUT2D eigenvalue weighted by atomic mass is 16.6. The lowest BCUT2D eigenvalue weighted by Gasteiger charge is -2.26. The van der Waals surface area contributed by atoms with Gasteiger partial charge in [-0.1, -0.05) is 57.0 Å². The Labute approximate surface area is 223 Å². The summed E-state index contributed by atoms with van der Waals surface area (Å²) in [7, 11) is 0. The fourth-order valence-electron chi connectivity index (χ4n) is 4.27. The number of hydrogen-bond donors (Lipinski definition) is 1. The van der Waals surface area contributed by atoms with E-state index in [9.17, 15) is 10.1 Å². The monoisotopic (exact) mass is 512 g/mol. The molecule has 0 bridgehead atoms. The van der Waals surface area contributed by atoms with Crippen molar-refractivity contribution in [2.24, 2.45) is 5.73 Å². The molecule has 4 rings (SSSR count). The van der Waals surface area contributed by atoms with Crippen LogP contribution in [0.5, 0.6) is 23.0 Å². The van der Waals surface area contributed by atoms with Crippen LogP contribution in [0.2, 0.25) is 0 Å². The van der Waals surface area contributed by atoms with Crippen molar-refractivity contribution in [1.29, 1.82) is 5.26 Å². The van der Waals surface area contributed by atoms with Gasteiger partial charge in [0.1, 0.15) is 34.6 Å². The molecule has 2 N–H and O–H groups in total. The highest BCUT2D eigenvalue weighted by Gasteiger charge is 2.31. The number of hydrogen-bond acceptors (Lipinski definition) is 7. The third-order valence-corrected chi connectivity index (χ3v) is 6.34. The van der Waals surface area contributed by atoms with Crippen LogP contribution in [0.1, 0.15) is 55.7 Å². The number of nitrogens with two attached hydrogens (primary N) is 1. The van der Waals surface area contributed by atoms with Crippen LogP contribution in [0.3, 0.4) is 0 Å². The number of benzene rings is 3. The number of rotatable bonds is 11. The number of carbonyl (C=O) groups excluding carboxylic acids is 1. The average Bonchev–Trinajstić information content (AvgIpc) is 2.94. The first kappa shape index (κ1) is 26.6. The second kappa shape index (κ2) is 12.7. The van der Waals surface area contributed by atoms with Crippen molar-refractivity contribution in [3.63, 3.8) is 0 Å². The van der Waals surface area contributed by atoms with Crippen LogP contribution >= 0.6 is 0 Å². The Kier molecular flexibility index (Phi) is 8.89. The summed E-state index contributed by atoms with van der Waals surface area (Å²) >= 11 is 0. The van der Waals surface area contributed by atoms with E-state index >= 15 is 0 Å². The molecular weight excluding hydrogens is 480 g/mol. The molecule has 1 heterocycles.